The van der Waals surface area contributed by atoms with E-state index in [0.29, 0.717) is 17.4 Å². The average Bonchev–Trinajstić information content (AvgIpc) is 2.31. The monoisotopic (exact) mass is 312 g/mol. The summed E-state index contributed by atoms with van der Waals surface area (Å²) < 4.78 is 6.39. The molecule has 0 atom stereocenters. The van der Waals surface area contributed by atoms with E-state index in [0.717, 1.165) is 10.0 Å². The maximum absolute atomic E-state index is 9.29. The van der Waals surface area contributed by atoms with Gasteiger partial charge in [0, 0.05) is 10.5 Å². The van der Waals surface area contributed by atoms with E-state index in [9.17, 15) is 5.11 Å². The van der Waals surface area contributed by atoms with Gasteiger partial charge in [0.1, 0.15) is 18.1 Å². The number of benzene rings is 2. The summed E-state index contributed by atoms with van der Waals surface area (Å²) in [6, 6.07) is 12.3. The van der Waals surface area contributed by atoms with Gasteiger partial charge in [-0.1, -0.05) is 23.7 Å². The molecule has 0 fully saturated rings. The zero-order valence-corrected chi connectivity index (χ0v) is 11.2. The molecule has 0 saturated heterocycles. The first-order chi connectivity index (χ1) is 8.15. The molecule has 88 valence electrons. The van der Waals surface area contributed by atoms with Crippen molar-refractivity contribution < 1.29 is 9.84 Å². The van der Waals surface area contributed by atoms with E-state index in [4.69, 9.17) is 16.3 Å². The molecule has 0 spiro atoms. The Hall–Kier alpha value is -1.19. The third-order valence-corrected chi connectivity index (χ3v) is 3.42. The summed E-state index contributed by atoms with van der Waals surface area (Å²) in [7, 11) is 0. The lowest BCUT2D eigenvalue weighted by Crippen LogP contribution is -1.95. The summed E-state index contributed by atoms with van der Waals surface area (Å²) in [6.45, 7) is 0.430. The summed E-state index contributed by atoms with van der Waals surface area (Å²) in [5.74, 6) is 0.829. The summed E-state index contributed by atoms with van der Waals surface area (Å²) in [5.41, 5.74) is 1.00. The number of hydrogen-bond acceptors (Lipinski definition) is 2. The molecule has 0 saturated carbocycles. The number of hydrogen-bond donors (Lipinski definition) is 1. The first kappa shape index (κ1) is 12.3. The molecule has 1 N–H and O–H groups in total. The Kier molecular flexibility index (Phi) is 3.92. The van der Waals surface area contributed by atoms with Crippen LogP contribution in [0.2, 0.25) is 5.02 Å². The Balaban J connectivity index is 2.05. The van der Waals surface area contributed by atoms with E-state index in [2.05, 4.69) is 15.9 Å². The normalized spacial score (nSPS) is 10.2. The van der Waals surface area contributed by atoms with Crippen molar-refractivity contribution in [2.24, 2.45) is 0 Å². The Morgan fingerprint density at radius 3 is 2.71 bits per heavy atom. The Morgan fingerprint density at radius 2 is 2.00 bits per heavy atom. The molecule has 0 aliphatic carbocycles. The first-order valence-corrected chi connectivity index (χ1v) is 6.18. The largest absolute Gasteiger partial charge is 0.508 e. The highest BCUT2D eigenvalue weighted by Gasteiger charge is 2.01. The van der Waals surface area contributed by atoms with Crippen molar-refractivity contribution in [1.82, 2.24) is 0 Å². The Labute approximate surface area is 113 Å². The van der Waals surface area contributed by atoms with Crippen LogP contribution in [0, 0.1) is 0 Å². The average molecular weight is 314 g/mol. The lowest BCUT2D eigenvalue weighted by molar-refractivity contribution is 0.304. The molecule has 0 bridgehead atoms. The molecule has 0 aliphatic heterocycles. The minimum Gasteiger partial charge on any atom is -0.508 e. The van der Waals surface area contributed by atoms with E-state index in [1.54, 1.807) is 24.3 Å². The maximum atomic E-state index is 9.29. The highest BCUT2D eigenvalue weighted by molar-refractivity contribution is 9.10. The molecule has 2 nitrogen and oxygen atoms in total. The molecule has 0 amide bonds. The molecule has 0 aromatic heterocycles. The van der Waals surface area contributed by atoms with Crippen LogP contribution >= 0.6 is 27.5 Å². The molecule has 17 heavy (non-hydrogen) atoms. The molecule has 2 aromatic carbocycles. The van der Waals surface area contributed by atoms with Crippen LogP contribution in [0.15, 0.2) is 46.9 Å². The van der Waals surface area contributed by atoms with E-state index >= 15 is 0 Å². The van der Waals surface area contributed by atoms with Crippen molar-refractivity contribution >= 4 is 27.5 Å². The van der Waals surface area contributed by atoms with Crippen molar-refractivity contribution in [3.8, 4) is 11.5 Å². The van der Waals surface area contributed by atoms with Gasteiger partial charge in [-0.25, -0.2) is 0 Å². The molecule has 2 rings (SSSR count). The first-order valence-electron chi connectivity index (χ1n) is 5.01. The van der Waals surface area contributed by atoms with Crippen LogP contribution in [-0.2, 0) is 6.61 Å². The van der Waals surface area contributed by atoms with Crippen molar-refractivity contribution in [2.45, 2.75) is 6.61 Å². The van der Waals surface area contributed by atoms with Crippen molar-refractivity contribution in [1.29, 1.82) is 0 Å². The lowest BCUT2D eigenvalue weighted by atomic mass is 10.2. The maximum Gasteiger partial charge on any atom is 0.123 e. The van der Waals surface area contributed by atoms with Gasteiger partial charge in [0.05, 0.1) is 5.02 Å². The number of ether oxygens (including phenoxy) is 1. The third-order valence-electron chi connectivity index (χ3n) is 2.21. The zero-order valence-electron chi connectivity index (χ0n) is 8.86. The second kappa shape index (κ2) is 5.43. The van der Waals surface area contributed by atoms with Crippen LogP contribution in [-0.4, -0.2) is 5.11 Å². The predicted octanol–water partition coefficient (Wildman–Crippen LogP) is 4.39. The fourth-order valence-corrected chi connectivity index (χ4v) is 1.91. The molecule has 0 radical (unpaired) electrons. The Morgan fingerprint density at radius 1 is 1.18 bits per heavy atom. The summed E-state index contributed by atoms with van der Waals surface area (Å²) >= 11 is 9.25. The molecule has 0 unspecified atom stereocenters. The van der Waals surface area contributed by atoms with Crippen molar-refractivity contribution in [3.05, 3.63) is 57.5 Å². The standard InChI is InChI=1S/C13H10BrClO2/c14-12-6-9(4-5-13(12)15)8-17-11-3-1-2-10(16)7-11/h1-7,16H,8H2. The van der Waals surface area contributed by atoms with Crippen LogP contribution in [0.4, 0.5) is 0 Å². The van der Waals surface area contributed by atoms with Crippen LogP contribution < -0.4 is 4.74 Å². The van der Waals surface area contributed by atoms with Crippen molar-refractivity contribution in [3.63, 3.8) is 0 Å². The fourth-order valence-electron chi connectivity index (χ4n) is 1.37. The number of phenols is 1. The van der Waals surface area contributed by atoms with E-state index in [1.807, 2.05) is 18.2 Å². The van der Waals surface area contributed by atoms with Gasteiger partial charge >= 0.3 is 0 Å². The van der Waals surface area contributed by atoms with E-state index in [1.165, 1.54) is 0 Å². The molecule has 0 aliphatic rings. The van der Waals surface area contributed by atoms with Crippen molar-refractivity contribution in [2.75, 3.05) is 0 Å². The zero-order chi connectivity index (χ0) is 12.3. The van der Waals surface area contributed by atoms with Gasteiger partial charge in [0.15, 0.2) is 0 Å². The molecular weight excluding hydrogens is 303 g/mol. The van der Waals surface area contributed by atoms with Gasteiger partial charge in [-0.3, -0.25) is 0 Å². The molecule has 2 aromatic rings. The number of rotatable bonds is 3. The third kappa shape index (κ3) is 3.38. The number of halogens is 2. The number of aromatic hydroxyl groups is 1. The van der Waals surface area contributed by atoms with Gasteiger partial charge in [-0.15, -0.1) is 0 Å². The second-order valence-corrected chi connectivity index (χ2v) is 4.80. The molecule has 0 heterocycles. The van der Waals surface area contributed by atoms with Crippen LogP contribution in [0.1, 0.15) is 5.56 Å². The minimum absolute atomic E-state index is 0.194. The molecular formula is C13H10BrClO2. The molecule has 4 heteroatoms. The minimum atomic E-state index is 0.194. The second-order valence-electron chi connectivity index (χ2n) is 3.53. The van der Waals surface area contributed by atoms with Crippen LogP contribution in [0.3, 0.4) is 0 Å². The van der Waals surface area contributed by atoms with Gasteiger partial charge in [0.2, 0.25) is 0 Å². The van der Waals surface area contributed by atoms with Gasteiger partial charge in [0.25, 0.3) is 0 Å². The van der Waals surface area contributed by atoms with Gasteiger partial charge < -0.3 is 9.84 Å². The van der Waals surface area contributed by atoms with E-state index < -0.39 is 0 Å². The van der Waals surface area contributed by atoms with Gasteiger partial charge in [-0.2, -0.15) is 0 Å². The van der Waals surface area contributed by atoms with Crippen LogP contribution in [0.5, 0.6) is 11.5 Å². The predicted molar refractivity (Wildman–Crippen MR) is 71.6 cm³/mol. The summed E-state index contributed by atoms with van der Waals surface area (Å²) in [5, 5.41) is 9.96. The number of phenolic OH excluding ortho intramolecular Hbond substituents is 1. The highest BCUT2D eigenvalue weighted by Crippen LogP contribution is 2.24. The summed E-state index contributed by atoms with van der Waals surface area (Å²) in [6.07, 6.45) is 0. The lowest BCUT2D eigenvalue weighted by Gasteiger charge is -2.07. The summed E-state index contributed by atoms with van der Waals surface area (Å²) in [4.78, 5) is 0. The quantitative estimate of drug-likeness (QED) is 0.911. The fraction of sp³-hybridized carbons (Fsp3) is 0.0769. The topological polar surface area (TPSA) is 29.5 Å². The highest BCUT2D eigenvalue weighted by atomic mass is 79.9. The SMILES string of the molecule is Oc1cccc(OCc2ccc(Cl)c(Br)c2)c1. The van der Waals surface area contributed by atoms with E-state index in [-0.39, 0.29) is 5.75 Å². The van der Waals surface area contributed by atoms with Gasteiger partial charge in [-0.05, 0) is 45.8 Å². The smallest absolute Gasteiger partial charge is 0.123 e. The van der Waals surface area contributed by atoms with Crippen LogP contribution in [0.25, 0.3) is 0 Å². The Bertz CT molecular complexity index is 529.